The van der Waals surface area contributed by atoms with Crippen molar-refractivity contribution in [2.45, 2.75) is 32.7 Å². The first-order valence-electron chi connectivity index (χ1n) is 7.62. The predicted octanol–water partition coefficient (Wildman–Crippen LogP) is 2.97. The molecular weight excluding hydrogens is 246 g/mol. The molecule has 3 heteroatoms. The largest absolute Gasteiger partial charge is 0.378 e. The summed E-state index contributed by atoms with van der Waals surface area (Å²) in [6, 6.07) is 8.90. The summed E-state index contributed by atoms with van der Waals surface area (Å²) >= 11 is 0. The molecule has 1 saturated heterocycles. The van der Waals surface area contributed by atoms with Crippen molar-refractivity contribution < 1.29 is 0 Å². The van der Waals surface area contributed by atoms with Gasteiger partial charge in [0.2, 0.25) is 0 Å². The fraction of sp³-hybridized carbons (Fsp3) is 0.647. The van der Waals surface area contributed by atoms with Gasteiger partial charge in [-0.15, -0.1) is 0 Å². The molecule has 1 N–H and O–H groups in total. The highest BCUT2D eigenvalue weighted by atomic mass is 15.2. The maximum Gasteiger partial charge on any atom is 0.0367 e. The highest BCUT2D eigenvalue weighted by Gasteiger charge is 2.23. The summed E-state index contributed by atoms with van der Waals surface area (Å²) in [5.41, 5.74) is 2.84. The van der Waals surface area contributed by atoms with Gasteiger partial charge in [0.1, 0.15) is 0 Å². The SMILES string of the molecule is CN(C)c1ccc(N2CCC(CNC(C)(C)C)C2)cc1. The van der Waals surface area contributed by atoms with Crippen LogP contribution in [0.1, 0.15) is 27.2 Å². The molecule has 1 aliphatic rings. The number of benzene rings is 1. The van der Waals surface area contributed by atoms with Gasteiger partial charge in [0.05, 0.1) is 0 Å². The Kier molecular flexibility index (Phi) is 4.59. The molecule has 2 rings (SSSR count). The second-order valence-corrected chi connectivity index (χ2v) is 7.14. The average molecular weight is 275 g/mol. The van der Waals surface area contributed by atoms with Gasteiger partial charge < -0.3 is 15.1 Å². The molecule has 0 saturated carbocycles. The molecule has 1 atom stereocenters. The number of rotatable bonds is 4. The Morgan fingerprint density at radius 3 is 2.40 bits per heavy atom. The van der Waals surface area contributed by atoms with Crippen molar-refractivity contribution in [1.82, 2.24) is 5.32 Å². The third kappa shape index (κ3) is 4.14. The van der Waals surface area contributed by atoms with Gasteiger partial charge in [-0.2, -0.15) is 0 Å². The van der Waals surface area contributed by atoms with Crippen LogP contribution in [0.5, 0.6) is 0 Å². The summed E-state index contributed by atoms with van der Waals surface area (Å²) in [4.78, 5) is 4.65. The molecule has 20 heavy (non-hydrogen) atoms. The van der Waals surface area contributed by atoms with Crippen LogP contribution in [-0.2, 0) is 0 Å². The summed E-state index contributed by atoms with van der Waals surface area (Å²) in [6.45, 7) is 10.2. The van der Waals surface area contributed by atoms with Crippen molar-refractivity contribution in [2.24, 2.45) is 5.92 Å². The number of hydrogen-bond acceptors (Lipinski definition) is 3. The molecule has 1 aromatic rings. The molecular formula is C17H29N3. The molecule has 0 aromatic heterocycles. The van der Waals surface area contributed by atoms with Gasteiger partial charge in [0.25, 0.3) is 0 Å². The summed E-state index contributed by atoms with van der Waals surface area (Å²) in [5.74, 6) is 0.766. The lowest BCUT2D eigenvalue weighted by atomic mass is 10.1. The van der Waals surface area contributed by atoms with Crippen LogP contribution in [0.4, 0.5) is 11.4 Å². The monoisotopic (exact) mass is 275 g/mol. The lowest BCUT2D eigenvalue weighted by Gasteiger charge is -2.24. The first-order chi connectivity index (χ1) is 9.35. The van der Waals surface area contributed by atoms with Crippen LogP contribution < -0.4 is 15.1 Å². The maximum absolute atomic E-state index is 3.63. The van der Waals surface area contributed by atoms with Gasteiger partial charge >= 0.3 is 0 Å². The zero-order valence-corrected chi connectivity index (χ0v) is 13.6. The van der Waals surface area contributed by atoms with Gasteiger partial charge in [-0.05, 0) is 57.4 Å². The van der Waals surface area contributed by atoms with Crippen LogP contribution in [0.2, 0.25) is 0 Å². The van der Waals surface area contributed by atoms with E-state index in [1.165, 1.54) is 30.9 Å². The van der Waals surface area contributed by atoms with Crippen LogP contribution >= 0.6 is 0 Å². The molecule has 1 fully saturated rings. The van der Waals surface area contributed by atoms with Crippen molar-refractivity contribution >= 4 is 11.4 Å². The lowest BCUT2D eigenvalue weighted by Crippen LogP contribution is -2.39. The van der Waals surface area contributed by atoms with E-state index in [0.717, 1.165) is 12.5 Å². The highest BCUT2D eigenvalue weighted by Crippen LogP contribution is 2.25. The fourth-order valence-electron chi connectivity index (χ4n) is 2.65. The van der Waals surface area contributed by atoms with Crippen LogP contribution in [0, 0.1) is 5.92 Å². The Morgan fingerprint density at radius 2 is 1.85 bits per heavy atom. The molecule has 112 valence electrons. The van der Waals surface area contributed by atoms with Crippen LogP contribution in [0.15, 0.2) is 24.3 Å². The van der Waals surface area contributed by atoms with E-state index in [2.05, 4.69) is 74.2 Å². The molecule has 1 unspecified atom stereocenters. The van der Waals surface area contributed by atoms with Gasteiger partial charge in [0, 0.05) is 50.6 Å². The zero-order valence-electron chi connectivity index (χ0n) is 13.6. The number of nitrogens with zero attached hydrogens (tertiary/aromatic N) is 2. The molecule has 0 amide bonds. The van der Waals surface area contributed by atoms with E-state index in [0.29, 0.717) is 0 Å². The van der Waals surface area contributed by atoms with E-state index < -0.39 is 0 Å². The molecule has 1 aliphatic heterocycles. The second-order valence-electron chi connectivity index (χ2n) is 7.14. The van der Waals surface area contributed by atoms with E-state index in [4.69, 9.17) is 0 Å². The molecule has 1 heterocycles. The Bertz CT molecular complexity index is 417. The zero-order chi connectivity index (χ0) is 14.8. The maximum atomic E-state index is 3.63. The van der Waals surface area contributed by atoms with Crippen LogP contribution in [0.25, 0.3) is 0 Å². The average Bonchev–Trinajstić information content (AvgIpc) is 2.84. The van der Waals surface area contributed by atoms with Gasteiger partial charge in [-0.1, -0.05) is 0 Å². The van der Waals surface area contributed by atoms with Gasteiger partial charge in [-0.25, -0.2) is 0 Å². The minimum absolute atomic E-state index is 0.223. The van der Waals surface area contributed by atoms with E-state index >= 15 is 0 Å². The molecule has 0 bridgehead atoms. The Labute approximate surface area is 124 Å². The topological polar surface area (TPSA) is 18.5 Å². The van der Waals surface area contributed by atoms with Crippen molar-refractivity contribution in [3.63, 3.8) is 0 Å². The van der Waals surface area contributed by atoms with E-state index in [-0.39, 0.29) is 5.54 Å². The summed E-state index contributed by atoms with van der Waals surface area (Å²) < 4.78 is 0. The van der Waals surface area contributed by atoms with Crippen LogP contribution in [0.3, 0.4) is 0 Å². The van der Waals surface area contributed by atoms with Crippen molar-refractivity contribution in [1.29, 1.82) is 0 Å². The standard InChI is InChI=1S/C17H29N3/c1-17(2,3)18-12-14-10-11-20(13-14)16-8-6-15(7-9-16)19(4)5/h6-9,14,18H,10-13H2,1-5H3. The normalized spacial score (nSPS) is 19.4. The van der Waals surface area contributed by atoms with E-state index in [9.17, 15) is 0 Å². The van der Waals surface area contributed by atoms with Crippen LogP contribution in [-0.4, -0.2) is 39.3 Å². The van der Waals surface area contributed by atoms with Gasteiger partial charge in [0.15, 0.2) is 0 Å². The summed E-state index contributed by atoms with van der Waals surface area (Å²) in [6.07, 6.45) is 1.29. The van der Waals surface area contributed by atoms with Crippen molar-refractivity contribution in [2.75, 3.05) is 43.5 Å². The summed E-state index contributed by atoms with van der Waals surface area (Å²) in [5, 5.41) is 3.63. The minimum Gasteiger partial charge on any atom is -0.378 e. The predicted molar refractivity (Wildman–Crippen MR) is 88.8 cm³/mol. The third-order valence-corrected chi connectivity index (χ3v) is 3.94. The molecule has 0 spiro atoms. The number of nitrogens with one attached hydrogen (secondary N) is 1. The van der Waals surface area contributed by atoms with Crippen molar-refractivity contribution in [3.8, 4) is 0 Å². The Hall–Kier alpha value is -1.22. The molecule has 1 aromatic carbocycles. The molecule has 0 radical (unpaired) electrons. The lowest BCUT2D eigenvalue weighted by molar-refractivity contribution is 0.383. The van der Waals surface area contributed by atoms with Crippen molar-refractivity contribution in [3.05, 3.63) is 24.3 Å². The van der Waals surface area contributed by atoms with Gasteiger partial charge in [-0.3, -0.25) is 0 Å². The molecule has 3 nitrogen and oxygen atoms in total. The smallest absolute Gasteiger partial charge is 0.0367 e. The minimum atomic E-state index is 0.223. The second kappa shape index (κ2) is 6.04. The number of anilines is 2. The highest BCUT2D eigenvalue weighted by molar-refractivity contribution is 5.56. The quantitative estimate of drug-likeness (QED) is 0.911. The molecule has 0 aliphatic carbocycles. The Morgan fingerprint density at radius 1 is 1.20 bits per heavy atom. The fourth-order valence-corrected chi connectivity index (χ4v) is 2.65. The number of hydrogen-bond donors (Lipinski definition) is 1. The Balaban J connectivity index is 1.89. The van der Waals surface area contributed by atoms with E-state index in [1.54, 1.807) is 0 Å². The third-order valence-electron chi connectivity index (χ3n) is 3.94. The van der Waals surface area contributed by atoms with E-state index in [1.807, 2.05) is 0 Å². The summed E-state index contributed by atoms with van der Waals surface area (Å²) in [7, 11) is 4.16. The first-order valence-corrected chi connectivity index (χ1v) is 7.62. The first kappa shape index (κ1) is 15.2.